The van der Waals surface area contributed by atoms with Gasteiger partial charge in [-0.2, -0.15) is 0 Å². The summed E-state index contributed by atoms with van der Waals surface area (Å²) >= 11 is 0. The molecule has 0 radical (unpaired) electrons. The van der Waals surface area contributed by atoms with Crippen molar-refractivity contribution in [1.82, 2.24) is 15.8 Å². The number of carbonyl (C=O) groups is 4. The highest BCUT2D eigenvalue weighted by Gasteiger charge is 2.62. The number of hydrogen-bond acceptors (Lipinski definition) is 6. The van der Waals surface area contributed by atoms with Crippen LogP contribution in [0.2, 0.25) is 0 Å². The van der Waals surface area contributed by atoms with Gasteiger partial charge in [-0.25, -0.2) is 0 Å². The first kappa shape index (κ1) is 21.4. The molecule has 30 heavy (non-hydrogen) atoms. The van der Waals surface area contributed by atoms with E-state index in [1.807, 2.05) is 0 Å². The number of piperidine rings is 1. The van der Waals surface area contributed by atoms with Crippen molar-refractivity contribution in [1.29, 1.82) is 0 Å². The van der Waals surface area contributed by atoms with Crippen molar-refractivity contribution in [3.05, 3.63) is 39.9 Å². The molecule has 2 bridgehead atoms. The van der Waals surface area contributed by atoms with Crippen LogP contribution in [0.3, 0.4) is 0 Å². The van der Waals surface area contributed by atoms with E-state index in [1.54, 1.807) is 20.8 Å². The normalized spacial score (nSPS) is 30.6. The van der Waals surface area contributed by atoms with Crippen LogP contribution in [0.15, 0.2) is 24.3 Å². The average molecular weight is 416 g/mol. The number of imide groups is 1. The smallest absolute Gasteiger partial charge is 0.270 e. The van der Waals surface area contributed by atoms with Crippen molar-refractivity contribution < 1.29 is 24.1 Å². The number of hydrogen-bond donors (Lipinski definition) is 2. The van der Waals surface area contributed by atoms with Crippen LogP contribution in [0, 0.1) is 26.4 Å². The van der Waals surface area contributed by atoms with Gasteiger partial charge in [0.15, 0.2) is 0 Å². The second-order valence-corrected chi connectivity index (χ2v) is 9.10. The Labute approximate surface area is 173 Å². The van der Waals surface area contributed by atoms with Gasteiger partial charge in [-0.15, -0.1) is 0 Å². The van der Waals surface area contributed by atoms with E-state index in [4.69, 9.17) is 0 Å². The molecular formula is C20H24N4O6. The first-order chi connectivity index (χ1) is 13.8. The Kier molecular flexibility index (Phi) is 4.92. The second-order valence-electron chi connectivity index (χ2n) is 9.10. The van der Waals surface area contributed by atoms with E-state index in [0.29, 0.717) is 6.42 Å². The predicted molar refractivity (Wildman–Crippen MR) is 105 cm³/mol. The van der Waals surface area contributed by atoms with E-state index in [9.17, 15) is 29.3 Å². The van der Waals surface area contributed by atoms with E-state index in [1.165, 1.54) is 25.2 Å². The van der Waals surface area contributed by atoms with Gasteiger partial charge in [0.25, 0.3) is 11.6 Å². The zero-order valence-corrected chi connectivity index (χ0v) is 17.3. The lowest BCUT2D eigenvalue weighted by Crippen LogP contribution is -2.64. The molecule has 1 heterocycles. The Bertz CT molecular complexity index is 946. The fourth-order valence-electron chi connectivity index (χ4n) is 5.23. The van der Waals surface area contributed by atoms with Gasteiger partial charge in [-0.1, -0.05) is 26.8 Å². The minimum Gasteiger partial charge on any atom is -0.285 e. The van der Waals surface area contributed by atoms with Crippen LogP contribution in [-0.2, 0) is 14.4 Å². The molecule has 2 unspecified atom stereocenters. The molecule has 160 valence electrons. The summed E-state index contributed by atoms with van der Waals surface area (Å²) in [7, 11) is 1.46. The standard InChI is InChI=1S/C20H24N4O6/c1-18(9-19(2)11-20(3,10-18)17(28)23(4)16(19)27)15(26)22-21-14(25)12-6-5-7-13(8-12)24(29)30/h5-8H,9-11H2,1-4H3,(H,21,25)(H,22,26). The number of carbonyl (C=O) groups excluding carboxylic acids is 4. The van der Waals surface area contributed by atoms with Crippen LogP contribution in [0.5, 0.6) is 0 Å². The van der Waals surface area contributed by atoms with Crippen LogP contribution in [0.4, 0.5) is 5.69 Å². The molecule has 2 fully saturated rings. The SMILES string of the molecule is CN1C(=O)C2(C)CC(C)(C(=O)NNC(=O)c3cccc([N+](=O)[O-])c3)CC(C)(C2)C1=O. The number of rotatable bonds is 3. The molecule has 0 aromatic heterocycles. The fourth-order valence-corrected chi connectivity index (χ4v) is 5.23. The summed E-state index contributed by atoms with van der Waals surface area (Å²) in [5.74, 6) is -1.87. The number of likely N-dealkylation sites (tertiary alicyclic amines) is 1. The summed E-state index contributed by atoms with van der Waals surface area (Å²) in [5, 5.41) is 10.9. The number of hydrazine groups is 1. The van der Waals surface area contributed by atoms with Crippen molar-refractivity contribution in [3.63, 3.8) is 0 Å². The molecule has 10 heteroatoms. The summed E-state index contributed by atoms with van der Waals surface area (Å²) in [6.07, 6.45) is 0.819. The Hall–Kier alpha value is -3.30. The molecule has 2 aliphatic rings. The number of non-ortho nitro benzene ring substituents is 1. The topological polar surface area (TPSA) is 139 Å². The third kappa shape index (κ3) is 3.42. The average Bonchev–Trinajstić information content (AvgIpc) is 2.68. The lowest BCUT2D eigenvalue weighted by Gasteiger charge is -2.55. The Balaban J connectivity index is 1.76. The molecule has 2 N–H and O–H groups in total. The summed E-state index contributed by atoms with van der Waals surface area (Å²) in [6.45, 7) is 5.18. The molecule has 1 aromatic carbocycles. The molecule has 1 aliphatic carbocycles. The lowest BCUT2D eigenvalue weighted by molar-refractivity contribution is -0.384. The molecule has 3 rings (SSSR count). The maximum atomic E-state index is 13.0. The zero-order valence-electron chi connectivity index (χ0n) is 17.3. The number of nitro benzene ring substituents is 1. The minimum atomic E-state index is -1.07. The predicted octanol–water partition coefficient (Wildman–Crippen LogP) is 1.56. The van der Waals surface area contributed by atoms with Crippen molar-refractivity contribution in [3.8, 4) is 0 Å². The van der Waals surface area contributed by atoms with E-state index >= 15 is 0 Å². The van der Waals surface area contributed by atoms with E-state index in [-0.39, 0.29) is 35.9 Å². The fraction of sp³-hybridized carbons (Fsp3) is 0.500. The van der Waals surface area contributed by atoms with E-state index in [2.05, 4.69) is 10.9 Å². The van der Waals surface area contributed by atoms with Crippen LogP contribution in [-0.4, -0.2) is 40.5 Å². The van der Waals surface area contributed by atoms with Gasteiger partial charge in [0, 0.05) is 35.6 Å². The Morgan fingerprint density at radius 1 is 1.03 bits per heavy atom. The molecule has 2 atom stereocenters. The van der Waals surface area contributed by atoms with Crippen molar-refractivity contribution in [2.24, 2.45) is 16.2 Å². The van der Waals surface area contributed by atoms with Crippen molar-refractivity contribution in [2.45, 2.75) is 40.0 Å². The zero-order chi connectivity index (χ0) is 22.5. The minimum absolute atomic E-state index is 0.0149. The highest BCUT2D eigenvalue weighted by Crippen LogP contribution is 2.58. The van der Waals surface area contributed by atoms with Gasteiger partial charge >= 0.3 is 0 Å². The first-order valence-corrected chi connectivity index (χ1v) is 9.49. The van der Waals surface area contributed by atoms with E-state index < -0.39 is 33.0 Å². The quantitative estimate of drug-likeness (QED) is 0.435. The summed E-state index contributed by atoms with van der Waals surface area (Å²) in [5.41, 5.74) is 1.59. The molecule has 1 aliphatic heterocycles. The van der Waals surface area contributed by atoms with Gasteiger partial charge < -0.3 is 0 Å². The highest BCUT2D eigenvalue weighted by molar-refractivity contribution is 6.04. The first-order valence-electron chi connectivity index (χ1n) is 9.49. The van der Waals surface area contributed by atoms with Crippen LogP contribution in [0.1, 0.15) is 50.4 Å². The van der Waals surface area contributed by atoms with Crippen LogP contribution >= 0.6 is 0 Å². The molecule has 1 saturated carbocycles. The number of amides is 4. The number of benzene rings is 1. The number of nitrogens with one attached hydrogen (secondary N) is 2. The molecule has 0 spiro atoms. The van der Waals surface area contributed by atoms with Gasteiger partial charge in [0.1, 0.15) is 0 Å². The lowest BCUT2D eigenvalue weighted by atomic mass is 9.51. The summed E-state index contributed by atoms with van der Waals surface area (Å²) in [6, 6.07) is 5.11. The monoisotopic (exact) mass is 416 g/mol. The number of nitro groups is 1. The molecule has 4 amide bonds. The maximum absolute atomic E-state index is 13.0. The molecule has 1 saturated heterocycles. The molecular weight excluding hydrogens is 392 g/mol. The molecule has 10 nitrogen and oxygen atoms in total. The van der Waals surface area contributed by atoms with Gasteiger partial charge in [0.2, 0.25) is 17.7 Å². The molecule has 1 aromatic rings. The van der Waals surface area contributed by atoms with Gasteiger partial charge in [-0.3, -0.25) is 45.0 Å². The third-order valence-corrected chi connectivity index (χ3v) is 6.14. The largest absolute Gasteiger partial charge is 0.285 e. The third-order valence-electron chi connectivity index (χ3n) is 6.14. The summed E-state index contributed by atoms with van der Waals surface area (Å²) in [4.78, 5) is 62.1. The number of fused-ring (bicyclic) bond motifs is 2. The Morgan fingerprint density at radius 2 is 1.60 bits per heavy atom. The summed E-state index contributed by atoms with van der Waals surface area (Å²) < 4.78 is 0. The van der Waals surface area contributed by atoms with Crippen LogP contribution < -0.4 is 10.9 Å². The van der Waals surface area contributed by atoms with Crippen molar-refractivity contribution in [2.75, 3.05) is 7.05 Å². The van der Waals surface area contributed by atoms with Gasteiger partial charge in [-0.05, 0) is 25.3 Å². The van der Waals surface area contributed by atoms with Crippen molar-refractivity contribution >= 4 is 29.3 Å². The number of nitrogens with zero attached hydrogens (tertiary/aromatic N) is 2. The maximum Gasteiger partial charge on any atom is 0.270 e. The van der Waals surface area contributed by atoms with Gasteiger partial charge in [0.05, 0.1) is 10.3 Å². The van der Waals surface area contributed by atoms with Crippen LogP contribution in [0.25, 0.3) is 0 Å². The van der Waals surface area contributed by atoms with E-state index in [0.717, 1.165) is 11.0 Å². The Morgan fingerprint density at radius 3 is 2.13 bits per heavy atom. The highest BCUT2D eigenvalue weighted by atomic mass is 16.6. The second kappa shape index (κ2) is 6.89.